The molecule has 1 N–H and O–H groups in total. The Morgan fingerprint density at radius 3 is 2.75 bits per heavy atom. The maximum absolute atomic E-state index is 14.0. The van der Waals surface area contributed by atoms with Crippen molar-refractivity contribution >= 4 is 50.7 Å². The van der Waals surface area contributed by atoms with Gasteiger partial charge in [-0.25, -0.2) is 19.0 Å². The average molecular weight is 525 g/mol. The van der Waals surface area contributed by atoms with E-state index in [0.29, 0.717) is 27.3 Å². The van der Waals surface area contributed by atoms with Crippen LogP contribution in [-0.4, -0.2) is 37.7 Å². The van der Waals surface area contributed by atoms with E-state index in [2.05, 4.69) is 20.4 Å². The number of carbonyl (C=O) groups excluding carboxylic acids is 1. The van der Waals surface area contributed by atoms with Crippen molar-refractivity contribution in [2.75, 3.05) is 12.4 Å². The van der Waals surface area contributed by atoms with Gasteiger partial charge in [0.05, 0.1) is 34.2 Å². The minimum Gasteiger partial charge on any atom is -0.494 e. The predicted octanol–water partition coefficient (Wildman–Crippen LogP) is 5.51. The van der Waals surface area contributed by atoms with E-state index in [1.54, 1.807) is 24.3 Å². The van der Waals surface area contributed by atoms with E-state index in [1.165, 1.54) is 48.3 Å². The second-order valence-corrected chi connectivity index (χ2v) is 8.87. The molecule has 3 aromatic heterocycles. The largest absolute Gasteiger partial charge is 0.494 e. The number of benzene rings is 2. The van der Waals surface area contributed by atoms with E-state index in [-0.39, 0.29) is 27.3 Å². The molecule has 1 amide bonds. The number of aromatic nitrogens is 4. The third-order valence-corrected chi connectivity index (χ3v) is 6.39. The van der Waals surface area contributed by atoms with Gasteiger partial charge in [0, 0.05) is 16.7 Å². The van der Waals surface area contributed by atoms with Crippen LogP contribution in [0.15, 0.2) is 60.8 Å². The topological polar surface area (TPSA) is 125 Å². The first-order valence-corrected chi connectivity index (χ1v) is 11.4. The monoisotopic (exact) mass is 524 g/mol. The number of nitro groups is 1. The minimum atomic E-state index is -0.591. The van der Waals surface area contributed by atoms with Gasteiger partial charge in [-0.1, -0.05) is 29.0 Å². The Hall–Kier alpha value is -4.42. The lowest BCUT2D eigenvalue weighted by Gasteiger charge is -2.10. The van der Waals surface area contributed by atoms with E-state index in [0.717, 1.165) is 11.3 Å². The first kappa shape index (κ1) is 23.3. The Morgan fingerprint density at radius 1 is 1.19 bits per heavy atom. The lowest BCUT2D eigenvalue weighted by Crippen LogP contribution is -2.12. The van der Waals surface area contributed by atoms with Gasteiger partial charge in [-0.05, 0) is 42.5 Å². The van der Waals surface area contributed by atoms with Crippen molar-refractivity contribution in [1.82, 2.24) is 19.7 Å². The molecular formula is C23H14ClFN6O4S. The van der Waals surface area contributed by atoms with Crippen molar-refractivity contribution in [1.29, 1.82) is 0 Å². The SMILES string of the molecule is COc1cc(-c2nc(NC(=O)c3ccc([N+](=O)[O-])s3)c3cnn(-c4cccc(Cl)c4)c3n2)ccc1F. The highest BCUT2D eigenvalue weighted by molar-refractivity contribution is 7.17. The molecular weight excluding hydrogens is 511 g/mol. The summed E-state index contributed by atoms with van der Waals surface area (Å²) < 4.78 is 20.6. The van der Waals surface area contributed by atoms with Gasteiger partial charge in [-0.3, -0.25) is 14.9 Å². The highest BCUT2D eigenvalue weighted by atomic mass is 35.5. The van der Waals surface area contributed by atoms with Crippen LogP contribution in [0.1, 0.15) is 9.67 Å². The predicted molar refractivity (Wildman–Crippen MR) is 133 cm³/mol. The molecule has 5 rings (SSSR count). The Balaban J connectivity index is 1.66. The molecule has 0 aliphatic heterocycles. The summed E-state index contributed by atoms with van der Waals surface area (Å²) in [4.78, 5) is 32.6. The van der Waals surface area contributed by atoms with Crippen LogP contribution in [0.3, 0.4) is 0 Å². The average Bonchev–Trinajstić information content (AvgIpc) is 3.52. The highest BCUT2D eigenvalue weighted by Crippen LogP contribution is 2.31. The maximum atomic E-state index is 14.0. The van der Waals surface area contributed by atoms with Gasteiger partial charge in [0.25, 0.3) is 5.91 Å². The molecule has 0 unspecified atom stereocenters. The Kier molecular flexibility index (Phi) is 6.04. The maximum Gasteiger partial charge on any atom is 0.324 e. The summed E-state index contributed by atoms with van der Waals surface area (Å²) in [6, 6.07) is 13.7. The zero-order chi connectivity index (χ0) is 25.4. The quantitative estimate of drug-likeness (QED) is 0.229. The molecule has 5 aromatic rings. The number of ether oxygens (including phenoxy) is 1. The van der Waals surface area contributed by atoms with E-state index in [9.17, 15) is 19.3 Å². The number of carbonyl (C=O) groups is 1. The molecule has 180 valence electrons. The van der Waals surface area contributed by atoms with Crippen LogP contribution in [0.5, 0.6) is 5.75 Å². The summed E-state index contributed by atoms with van der Waals surface area (Å²) in [6.45, 7) is 0. The van der Waals surface area contributed by atoms with Crippen LogP contribution in [0, 0.1) is 15.9 Å². The number of rotatable bonds is 6. The molecule has 36 heavy (non-hydrogen) atoms. The number of halogens is 2. The first-order valence-electron chi connectivity index (χ1n) is 10.3. The summed E-state index contributed by atoms with van der Waals surface area (Å²) in [7, 11) is 1.34. The van der Waals surface area contributed by atoms with E-state index >= 15 is 0 Å². The lowest BCUT2D eigenvalue weighted by molar-refractivity contribution is -0.380. The normalized spacial score (nSPS) is 11.0. The summed E-state index contributed by atoms with van der Waals surface area (Å²) in [5.74, 6) is -0.869. The fourth-order valence-electron chi connectivity index (χ4n) is 3.45. The Labute approximate surface area is 211 Å². The molecule has 0 saturated carbocycles. The number of thiophene rings is 1. The summed E-state index contributed by atoms with van der Waals surface area (Å²) in [5.41, 5.74) is 1.39. The van der Waals surface area contributed by atoms with Gasteiger partial charge in [0.15, 0.2) is 23.0 Å². The summed E-state index contributed by atoms with van der Waals surface area (Å²) in [6.07, 6.45) is 1.48. The summed E-state index contributed by atoms with van der Waals surface area (Å²) in [5, 5.41) is 18.8. The highest BCUT2D eigenvalue weighted by Gasteiger charge is 2.21. The number of anilines is 1. The molecule has 0 atom stereocenters. The number of fused-ring (bicyclic) bond motifs is 1. The van der Waals surface area contributed by atoms with Gasteiger partial charge in [-0.2, -0.15) is 5.10 Å². The Morgan fingerprint density at radius 2 is 2.03 bits per heavy atom. The Bertz CT molecular complexity index is 1650. The van der Waals surface area contributed by atoms with Crippen molar-refractivity contribution in [3.05, 3.63) is 86.6 Å². The zero-order valence-corrected chi connectivity index (χ0v) is 19.9. The molecule has 0 spiro atoms. The number of methoxy groups -OCH3 is 1. The molecule has 0 aliphatic rings. The third kappa shape index (κ3) is 4.34. The number of amides is 1. The number of nitrogens with zero attached hydrogens (tertiary/aromatic N) is 5. The lowest BCUT2D eigenvalue weighted by atomic mass is 10.2. The molecule has 0 fully saturated rings. The molecule has 0 radical (unpaired) electrons. The van der Waals surface area contributed by atoms with Crippen molar-refractivity contribution in [3.63, 3.8) is 0 Å². The van der Waals surface area contributed by atoms with Gasteiger partial charge in [-0.15, -0.1) is 0 Å². The molecule has 0 bridgehead atoms. The number of hydrogen-bond acceptors (Lipinski definition) is 8. The van der Waals surface area contributed by atoms with Crippen LogP contribution in [-0.2, 0) is 0 Å². The fourth-order valence-corrected chi connectivity index (χ4v) is 4.35. The van der Waals surface area contributed by atoms with Gasteiger partial charge < -0.3 is 10.1 Å². The fraction of sp³-hybridized carbons (Fsp3) is 0.0435. The van der Waals surface area contributed by atoms with Crippen molar-refractivity contribution in [3.8, 4) is 22.8 Å². The third-order valence-electron chi connectivity index (χ3n) is 5.12. The van der Waals surface area contributed by atoms with Crippen LogP contribution in [0.2, 0.25) is 5.02 Å². The molecule has 0 saturated heterocycles. The zero-order valence-electron chi connectivity index (χ0n) is 18.3. The smallest absolute Gasteiger partial charge is 0.324 e. The van der Waals surface area contributed by atoms with E-state index < -0.39 is 16.6 Å². The number of hydrogen-bond donors (Lipinski definition) is 1. The van der Waals surface area contributed by atoms with E-state index in [4.69, 9.17) is 16.3 Å². The second-order valence-electron chi connectivity index (χ2n) is 7.37. The van der Waals surface area contributed by atoms with Crippen molar-refractivity contribution < 1.29 is 18.8 Å². The van der Waals surface area contributed by atoms with Crippen LogP contribution in [0.25, 0.3) is 28.1 Å². The van der Waals surface area contributed by atoms with Crippen LogP contribution < -0.4 is 10.1 Å². The number of nitrogens with one attached hydrogen (secondary N) is 1. The molecule has 13 heteroatoms. The van der Waals surface area contributed by atoms with E-state index in [1.807, 2.05) is 0 Å². The van der Waals surface area contributed by atoms with Gasteiger partial charge in [0.2, 0.25) is 0 Å². The first-order chi connectivity index (χ1) is 17.3. The summed E-state index contributed by atoms with van der Waals surface area (Å²) >= 11 is 6.89. The standard InChI is InChI=1S/C23H14ClFN6O4S/c1-35-17-9-12(5-6-16(17)25)20-27-21(29-23(32)18-7-8-19(36-18)31(33)34)15-11-26-30(22(15)28-20)14-4-2-3-13(24)10-14/h2-11H,1H3,(H,27,28,29,32). The van der Waals surface area contributed by atoms with Gasteiger partial charge >= 0.3 is 5.00 Å². The van der Waals surface area contributed by atoms with Crippen LogP contribution in [0.4, 0.5) is 15.2 Å². The van der Waals surface area contributed by atoms with Crippen molar-refractivity contribution in [2.24, 2.45) is 0 Å². The molecule has 10 nitrogen and oxygen atoms in total. The van der Waals surface area contributed by atoms with Crippen molar-refractivity contribution in [2.45, 2.75) is 0 Å². The van der Waals surface area contributed by atoms with Gasteiger partial charge in [0.1, 0.15) is 5.82 Å². The molecule has 0 aliphatic carbocycles. The molecule has 2 aromatic carbocycles. The second kappa shape index (κ2) is 9.32. The minimum absolute atomic E-state index is 0.00368. The molecule has 3 heterocycles. The van der Waals surface area contributed by atoms with Crippen LogP contribution >= 0.6 is 22.9 Å².